The number of hydrogen-bond acceptors (Lipinski definition) is 4. The third kappa shape index (κ3) is 4.83. The van der Waals surface area contributed by atoms with Gasteiger partial charge in [0.05, 0.1) is 11.5 Å². The predicted octanol–water partition coefficient (Wildman–Crippen LogP) is 3.72. The van der Waals surface area contributed by atoms with Crippen LogP contribution in [0.2, 0.25) is 0 Å². The van der Waals surface area contributed by atoms with Crippen LogP contribution in [-0.2, 0) is 10.0 Å². The van der Waals surface area contributed by atoms with E-state index in [9.17, 15) is 13.2 Å². The maximum atomic E-state index is 12.4. The monoisotopic (exact) mass is 347 g/mol. The second-order valence-electron chi connectivity index (χ2n) is 5.92. The first-order valence-electron chi connectivity index (χ1n) is 7.64. The molecule has 5 nitrogen and oxygen atoms in total. The molecule has 0 saturated carbocycles. The fourth-order valence-corrected chi connectivity index (χ4v) is 3.08. The Morgan fingerprint density at radius 2 is 1.79 bits per heavy atom. The fraction of sp³-hybridized carbons (Fsp3) is 0.278. The predicted molar refractivity (Wildman–Crippen MR) is 94.0 cm³/mol. The highest BCUT2D eigenvalue weighted by Crippen LogP contribution is 2.20. The van der Waals surface area contributed by atoms with Crippen molar-refractivity contribution in [3.05, 3.63) is 54.1 Å². The zero-order valence-electron chi connectivity index (χ0n) is 13.9. The van der Waals surface area contributed by atoms with E-state index in [2.05, 4.69) is 18.6 Å². The molecule has 128 valence electrons. The van der Waals surface area contributed by atoms with Crippen molar-refractivity contribution in [2.24, 2.45) is 5.92 Å². The van der Waals surface area contributed by atoms with Crippen LogP contribution in [0.3, 0.4) is 0 Å². The van der Waals surface area contributed by atoms with Gasteiger partial charge in [-0.2, -0.15) is 0 Å². The summed E-state index contributed by atoms with van der Waals surface area (Å²) in [7, 11) is -3.75. The lowest BCUT2D eigenvalue weighted by Gasteiger charge is -2.11. The summed E-state index contributed by atoms with van der Waals surface area (Å²) in [6.45, 7) is 6.10. The lowest BCUT2D eigenvalue weighted by molar-refractivity contribution is 0.101. The van der Waals surface area contributed by atoms with Crippen LogP contribution in [0.1, 0.15) is 31.1 Å². The maximum absolute atomic E-state index is 12.4. The van der Waals surface area contributed by atoms with Gasteiger partial charge >= 0.3 is 0 Å². The molecule has 0 heterocycles. The lowest BCUT2D eigenvalue weighted by atomic mass is 10.2. The molecule has 0 bridgehead atoms. The summed E-state index contributed by atoms with van der Waals surface area (Å²) >= 11 is 0. The number of benzene rings is 2. The number of carbonyl (C=O) groups excluding carboxylic acids is 1. The van der Waals surface area contributed by atoms with Crippen LogP contribution < -0.4 is 9.46 Å². The second kappa shape index (κ2) is 7.49. The van der Waals surface area contributed by atoms with E-state index in [1.54, 1.807) is 36.4 Å². The van der Waals surface area contributed by atoms with Gasteiger partial charge in [-0.15, -0.1) is 0 Å². The molecule has 0 spiro atoms. The van der Waals surface area contributed by atoms with Crippen molar-refractivity contribution < 1.29 is 17.9 Å². The molecule has 0 fully saturated rings. The van der Waals surface area contributed by atoms with Crippen LogP contribution in [0.4, 0.5) is 5.69 Å². The quantitative estimate of drug-likeness (QED) is 0.775. The van der Waals surface area contributed by atoms with Crippen molar-refractivity contribution in [3.63, 3.8) is 0 Å². The molecule has 2 rings (SSSR count). The number of Topliss-reactive ketones (excluding diaryl/α,β-unsaturated/α-hetero) is 1. The highest BCUT2D eigenvalue weighted by molar-refractivity contribution is 7.92. The van der Waals surface area contributed by atoms with E-state index < -0.39 is 10.0 Å². The molecule has 2 aromatic rings. The highest BCUT2D eigenvalue weighted by Gasteiger charge is 2.15. The largest absolute Gasteiger partial charge is 0.493 e. The summed E-state index contributed by atoms with van der Waals surface area (Å²) in [6.07, 6.45) is 0. The van der Waals surface area contributed by atoms with E-state index in [1.807, 2.05) is 0 Å². The van der Waals surface area contributed by atoms with Crippen LogP contribution in [0.15, 0.2) is 53.4 Å². The van der Waals surface area contributed by atoms with E-state index in [0.717, 1.165) is 0 Å². The van der Waals surface area contributed by atoms with Crippen LogP contribution in [0.5, 0.6) is 5.75 Å². The van der Waals surface area contributed by atoms with Crippen molar-refractivity contribution in [1.82, 2.24) is 0 Å². The number of sulfonamides is 1. The standard InChI is InChI=1S/C18H21NO4S/c1-13(2)12-23-17-9-7-16(8-10-17)19-24(21,22)18-6-4-5-15(11-18)14(3)20/h4-11,13,19H,12H2,1-3H3. The van der Waals surface area contributed by atoms with Gasteiger partial charge in [0.25, 0.3) is 10.0 Å². The molecule has 0 atom stereocenters. The third-order valence-electron chi connectivity index (χ3n) is 3.24. The summed E-state index contributed by atoms with van der Waals surface area (Å²) in [5.74, 6) is 0.917. The van der Waals surface area contributed by atoms with E-state index in [4.69, 9.17) is 4.74 Å². The average Bonchev–Trinajstić information content (AvgIpc) is 2.54. The van der Waals surface area contributed by atoms with Crippen molar-refractivity contribution in [3.8, 4) is 5.75 Å². The number of ether oxygens (including phenoxy) is 1. The van der Waals surface area contributed by atoms with Crippen LogP contribution in [0.25, 0.3) is 0 Å². The summed E-state index contributed by atoms with van der Waals surface area (Å²) in [5, 5.41) is 0. The van der Waals surface area contributed by atoms with Gasteiger partial charge in [-0.25, -0.2) is 8.42 Å². The number of ketones is 1. The van der Waals surface area contributed by atoms with Gasteiger partial charge < -0.3 is 4.74 Å². The molecule has 0 aliphatic rings. The van der Waals surface area contributed by atoms with E-state index >= 15 is 0 Å². The number of hydrogen-bond donors (Lipinski definition) is 1. The zero-order chi connectivity index (χ0) is 17.7. The molecule has 6 heteroatoms. The van der Waals surface area contributed by atoms with Crippen molar-refractivity contribution >= 4 is 21.5 Å². The van der Waals surface area contributed by atoms with Crippen LogP contribution >= 0.6 is 0 Å². The molecule has 0 saturated heterocycles. The molecule has 0 unspecified atom stereocenters. The summed E-state index contributed by atoms with van der Waals surface area (Å²) in [4.78, 5) is 11.5. The lowest BCUT2D eigenvalue weighted by Crippen LogP contribution is -2.13. The van der Waals surface area contributed by atoms with Crippen molar-refractivity contribution in [2.75, 3.05) is 11.3 Å². The Balaban J connectivity index is 2.14. The Labute approximate surface area is 142 Å². The molecule has 24 heavy (non-hydrogen) atoms. The molecule has 0 amide bonds. The third-order valence-corrected chi connectivity index (χ3v) is 4.62. The van der Waals surface area contributed by atoms with E-state index in [1.165, 1.54) is 19.1 Å². The minimum Gasteiger partial charge on any atom is -0.493 e. The van der Waals surface area contributed by atoms with Gasteiger partial charge in [-0.05, 0) is 49.2 Å². The van der Waals surface area contributed by atoms with Crippen molar-refractivity contribution in [1.29, 1.82) is 0 Å². The first-order chi connectivity index (χ1) is 11.3. The Morgan fingerprint density at radius 3 is 2.38 bits per heavy atom. The summed E-state index contributed by atoms with van der Waals surface area (Å²) < 4.78 is 32.9. The van der Waals surface area contributed by atoms with Gasteiger partial charge in [-0.3, -0.25) is 9.52 Å². The first kappa shape index (κ1) is 18.0. The average molecular weight is 347 g/mol. The number of carbonyl (C=O) groups is 1. The molecule has 0 aliphatic heterocycles. The summed E-state index contributed by atoms with van der Waals surface area (Å²) in [6, 6.07) is 12.7. The smallest absolute Gasteiger partial charge is 0.261 e. The number of nitrogens with one attached hydrogen (secondary N) is 1. The van der Waals surface area contributed by atoms with Gasteiger partial charge in [0.2, 0.25) is 0 Å². The normalized spacial score (nSPS) is 11.3. The first-order valence-corrected chi connectivity index (χ1v) is 9.13. The number of anilines is 1. The zero-order valence-corrected chi connectivity index (χ0v) is 14.8. The van der Waals surface area contributed by atoms with E-state index in [0.29, 0.717) is 29.5 Å². The minimum absolute atomic E-state index is 0.0512. The fourth-order valence-electron chi connectivity index (χ4n) is 1.98. The van der Waals surface area contributed by atoms with Crippen LogP contribution in [-0.4, -0.2) is 20.8 Å². The molecular weight excluding hydrogens is 326 g/mol. The minimum atomic E-state index is -3.75. The molecule has 0 aliphatic carbocycles. The topological polar surface area (TPSA) is 72.5 Å². The summed E-state index contributed by atoms with van der Waals surface area (Å²) in [5.41, 5.74) is 0.787. The van der Waals surface area contributed by atoms with E-state index in [-0.39, 0.29) is 10.7 Å². The van der Waals surface area contributed by atoms with Crippen LogP contribution in [0, 0.1) is 5.92 Å². The Morgan fingerprint density at radius 1 is 1.12 bits per heavy atom. The molecular formula is C18H21NO4S. The van der Waals surface area contributed by atoms with Crippen molar-refractivity contribution in [2.45, 2.75) is 25.7 Å². The second-order valence-corrected chi connectivity index (χ2v) is 7.60. The molecule has 1 N–H and O–H groups in total. The van der Waals surface area contributed by atoms with Gasteiger partial charge in [-0.1, -0.05) is 26.0 Å². The van der Waals surface area contributed by atoms with Gasteiger partial charge in [0, 0.05) is 11.3 Å². The highest BCUT2D eigenvalue weighted by atomic mass is 32.2. The molecule has 0 radical (unpaired) electrons. The molecule has 2 aromatic carbocycles. The maximum Gasteiger partial charge on any atom is 0.261 e. The number of rotatable bonds is 7. The Kier molecular flexibility index (Phi) is 5.62. The SMILES string of the molecule is CC(=O)c1cccc(S(=O)(=O)Nc2ccc(OCC(C)C)cc2)c1. The van der Waals surface area contributed by atoms with Gasteiger partial charge in [0.15, 0.2) is 5.78 Å². The Hall–Kier alpha value is -2.34. The Bertz CT molecular complexity index is 811. The van der Waals surface area contributed by atoms with Gasteiger partial charge in [0.1, 0.15) is 5.75 Å². The molecule has 0 aromatic heterocycles.